The first-order valence-corrected chi connectivity index (χ1v) is 6.65. The standard InChI is InChI=1S/C17H24/c1-3-5-8-12-16(13-9-6-4-2)17-14-10-7-11-15-17/h3-4,7,10-11,14-16H,1-2,5-6,8-9,12-13H2. The Morgan fingerprint density at radius 1 is 0.882 bits per heavy atom. The predicted octanol–water partition coefficient (Wildman–Crippen LogP) is 5.48. The highest BCUT2D eigenvalue weighted by Crippen LogP contribution is 2.27. The first-order chi connectivity index (χ1) is 8.38. The predicted molar refractivity (Wildman–Crippen MR) is 77.3 cm³/mol. The van der Waals surface area contributed by atoms with Crippen LogP contribution >= 0.6 is 0 Å². The van der Waals surface area contributed by atoms with E-state index in [0.29, 0.717) is 5.92 Å². The molecule has 0 heteroatoms. The Kier molecular flexibility index (Phi) is 7.13. The molecule has 0 bridgehead atoms. The van der Waals surface area contributed by atoms with Gasteiger partial charge in [0, 0.05) is 0 Å². The summed E-state index contributed by atoms with van der Waals surface area (Å²) in [6.07, 6.45) is 11.3. The fourth-order valence-electron chi connectivity index (χ4n) is 2.22. The summed E-state index contributed by atoms with van der Waals surface area (Å²) in [6, 6.07) is 10.9. The summed E-state index contributed by atoms with van der Waals surface area (Å²) >= 11 is 0. The zero-order valence-electron chi connectivity index (χ0n) is 10.8. The van der Waals surface area contributed by atoms with Crippen molar-refractivity contribution in [2.45, 2.75) is 44.4 Å². The van der Waals surface area contributed by atoms with E-state index in [1.165, 1.54) is 31.2 Å². The molecule has 0 spiro atoms. The minimum Gasteiger partial charge on any atom is -0.103 e. The lowest BCUT2D eigenvalue weighted by atomic mass is 9.89. The van der Waals surface area contributed by atoms with E-state index in [2.05, 4.69) is 43.5 Å². The smallest absolute Gasteiger partial charge is 0.0162 e. The summed E-state index contributed by atoms with van der Waals surface area (Å²) in [4.78, 5) is 0. The summed E-state index contributed by atoms with van der Waals surface area (Å²) in [5, 5.41) is 0. The van der Waals surface area contributed by atoms with Gasteiger partial charge in [-0.1, -0.05) is 42.5 Å². The zero-order chi connectivity index (χ0) is 12.3. The lowest BCUT2D eigenvalue weighted by molar-refractivity contribution is 0.538. The highest BCUT2D eigenvalue weighted by molar-refractivity contribution is 5.19. The van der Waals surface area contributed by atoms with E-state index in [1.54, 1.807) is 0 Å². The highest BCUT2D eigenvalue weighted by atomic mass is 14.1. The quantitative estimate of drug-likeness (QED) is 0.387. The van der Waals surface area contributed by atoms with Crippen molar-refractivity contribution in [1.29, 1.82) is 0 Å². The molecule has 17 heavy (non-hydrogen) atoms. The molecule has 0 saturated heterocycles. The molecule has 0 aliphatic rings. The Hall–Kier alpha value is -1.30. The maximum absolute atomic E-state index is 3.79. The minimum atomic E-state index is 0.705. The van der Waals surface area contributed by atoms with Gasteiger partial charge in [0.05, 0.1) is 0 Å². The Morgan fingerprint density at radius 2 is 1.41 bits per heavy atom. The number of allylic oxidation sites excluding steroid dienone is 2. The minimum absolute atomic E-state index is 0.705. The molecule has 0 nitrogen and oxygen atoms in total. The molecule has 92 valence electrons. The number of benzene rings is 1. The SMILES string of the molecule is C=CCCCC(CCCC=C)c1ccccc1. The summed E-state index contributed by atoms with van der Waals surface area (Å²) in [6.45, 7) is 7.58. The molecule has 0 aliphatic heterocycles. The summed E-state index contributed by atoms with van der Waals surface area (Å²) in [5.41, 5.74) is 1.49. The van der Waals surface area contributed by atoms with E-state index in [-0.39, 0.29) is 0 Å². The summed E-state index contributed by atoms with van der Waals surface area (Å²) < 4.78 is 0. The molecule has 0 N–H and O–H groups in total. The van der Waals surface area contributed by atoms with Crippen molar-refractivity contribution in [3.8, 4) is 0 Å². The van der Waals surface area contributed by atoms with Crippen LogP contribution in [-0.2, 0) is 0 Å². The molecule has 1 aromatic rings. The van der Waals surface area contributed by atoms with Gasteiger partial charge in [0.25, 0.3) is 0 Å². The van der Waals surface area contributed by atoms with Crippen molar-refractivity contribution >= 4 is 0 Å². The van der Waals surface area contributed by atoms with Gasteiger partial charge in [-0.2, -0.15) is 0 Å². The van der Waals surface area contributed by atoms with Crippen LogP contribution in [0.25, 0.3) is 0 Å². The van der Waals surface area contributed by atoms with Crippen LogP contribution in [0.5, 0.6) is 0 Å². The fourth-order valence-corrected chi connectivity index (χ4v) is 2.22. The molecule has 0 aromatic heterocycles. The van der Waals surface area contributed by atoms with Gasteiger partial charge in [-0.05, 0) is 50.0 Å². The van der Waals surface area contributed by atoms with Crippen molar-refractivity contribution in [3.63, 3.8) is 0 Å². The molecular weight excluding hydrogens is 204 g/mol. The second-order valence-electron chi connectivity index (χ2n) is 4.55. The van der Waals surface area contributed by atoms with Crippen LogP contribution < -0.4 is 0 Å². The third-order valence-electron chi connectivity index (χ3n) is 3.19. The van der Waals surface area contributed by atoms with Crippen LogP contribution in [0.1, 0.15) is 50.0 Å². The van der Waals surface area contributed by atoms with Gasteiger partial charge in [-0.3, -0.25) is 0 Å². The maximum atomic E-state index is 3.79. The van der Waals surface area contributed by atoms with E-state index in [0.717, 1.165) is 12.8 Å². The van der Waals surface area contributed by atoms with Gasteiger partial charge >= 0.3 is 0 Å². The molecule has 0 unspecified atom stereocenters. The molecule has 0 heterocycles. The molecular formula is C17H24. The van der Waals surface area contributed by atoms with E-state index >= 15 is 0 Å². The van der Waals surface area contributed by atoms with Crippen LogP contribution in [0.3, 0.4) is 0 Å². The topological polar surface area (TPSA) is 0 Å². The number of unbranched alkanes of at least 4 members (excludes halogenated alkanes) is 2. The Labute approximate surface area is 106 Å². The molecule has 0 aliphatic carbocycles. The monoisotopic (exact) mass is 228 g/mol. The van der Waals surface area contributed by atoms with Crippen molar-refractivity contribution in [2.75, 3.05) is 0 Å². The van der Waals surface area contributed by atoms with Crippen molar-refractivity contribution < 1.29 is 0 Å². The molecule has 0 fully saturated rings. The molecule has 1 aromatic carbocycles. The van der Waals surface area contributed by atoms with E-state index in [1.807, 2.05) is 12.2 Å². The molecule has 0 saturated carbocycles. The number of rotatable bonds is 9. The Balaban J connectivity index is 2.51. The Bertz CT molecular complexity index is 296. The molecule has 0 radical (unpaired) electrons. The molecule has 1 rings (SSSR count). The van der Waals surface area contributed by atoms with Gasteiger partial charge in [0.15, 0.2) is 0 Å². The van der Waals surface area contributed by atoms with Crippen LogP contribution in [-0.4, -0.2) is 0 Å². The van der Waals surface area contributed by atoms with Gasteiger partial charge in [-0.15, -0.1) is 13.2 Å². The van der Waals surface area contributed by atoms with Gasteiger partial charge in [0.1, 0.15) is 0 Å². The lowest BCUT2D eigenvalue weighted by Gasteiger charge is -2.16. The summed E-state index contributed by atoms with van der Waals surface area (Å²) in [7, 11) is 0. The fraction of sp³-hybridized carbons (Fsp3) is 0.412. The van der Waals surface area contributed by atoms with Crippen LogP contribution in [0.4, 0.5) is 0 Å². The van der Waals surface area contributed by atoms with Crippen molar-refractivity contribution in [2.24, 2.45) is 0 Å². The Morgan fingerprint density at radius 3 is 1.88 bits per heavy atom. The van der Waals surface area contributed by atoms with Crippen LogP contribution in [0.2, 0.25) is 0 Å². The molecule has 0 amide bonds. The van der Waals surface area contributed by atoms with Gasteiger partial charge in [0.2, 0.25) is 0 Å². The lowest BCUT2D eigenvalue weighted by Crippen LogP contribution is -1.99. The van der Waals surface area contributed by atoms with Gasteiger partial charge < -0.3 is 0 Å². The highest BCUT2D eigenvalue weighted by Gasteiger charge is 2.09. The first kappa shape index (κ1) is 13.8. The van der Waals surface area contributed by atoms with Gasteiger partial charge in [-0.25, -0.2) is 0 Å². The normalized spacial score (nSPS) is 10.4. The maximum Gasteiger partial charge on any atom is -0.0162 e. The van der Waals surface area contributed by atoms with Crippen molar-refractivity contribution in [3.05, 3.63) is 61.2 Å². The second kappa shape index (κ2) is 8.81. The average Bonchev–Trinajstić information content (AvgIpc) is 2.38. The van der Waals surface area contributed by atoms with E-state index in [4.69, 9.17) is 0 Å². The summed E-state index contributed by atoms with van der Waals surface area (Å²) in [5.74, 6) is 0.705. The number of hydrogen-bond acceptors (Lipinski definition) is 0. The number of hydrogen-bond donors (Lipinski definition) is 0. The van der Waals surface area contributed by atoms with E-state index < -0.39 is 0 Å². The second-order valence-corrected chi connectivity index (χ2v) is 4.55. The van der Waals surface area contributed by atoms with Crippen LogP contribution in [0, 0.1) is 0 Å². The van der Waals surface area contributed by atoms with E-state index in [9.17, 15) is 0 Å². The first-order valence-electron chi connectivity index (χ1n) is 6.65. The third-order valence-corrected chi connectivity index (χ3v) is 3.19. The van der Waals surface area contributed by atoms with Crippen molar-refractivity contribution in [1.82, 2.24) is 0 Å². The molecule has 0 atom stereocenters. The van der Waals surface area contributed by atoms with Crippen LogP contribution in [0.15, 0.2) is 55.6 Å². The largest absolute Gasteiger partial charge is 0.103 e. The average molecular weight is 228 g/mol. The third kappa shape index (κ3) is 5.53. The zero-order valence-corrected chi connectivity index (χ0v) is 10.8.